The SMILES string of the molecule is CC(=O)CCCCn1c(=O)c2c(nc(C#CC3(N)CCCCC3)n2C)n(C)c1=O. The summed E-state index contributed by atoms with van der Waals surface area (Å²) in [5.41, 5.74) is 5.75. The molecule has 0 aromatic carbocycles. The number of carbonyl (C=O) groups is 1. The number of fused-ring (bicyclic) bond motifs is 1. The van der Waals surface area contributed by atoms with Gasteiger partial charge in [-0.2, -0.15) is 0 Å². The molecule has 1 aliphatic carbocycles. The van der Waals surface area contributed by atoms with Gasteiger partial charge in [0.25, 0.3) is 5.56 Å². The lowest BCUT2D eigenvalue weighted by atomic mass is 9.83. The van der Waals surface area contributed by atoms with E-state index < -0.39 is 11.2 Å². The molecule has 1 aliphatic rings. The van der Waals surface area contributed by atoms with E-state index in [-0.39, 0.29) is 17.9 Å². The van der Waals surface area contributed by atoms with Crippen LogP contribution < -0.4 is 17.0 Å². The van der Waals surface area contributed by atoms with E-state index in [0.717, 1.165) is 25.7 Å². The molecule has 3 rings (SSSR count). The van der Waals surface area contributed by atoms with Crippen LogP contribution in [0, 0.1) is 11.8 Å². The Morgan fingerprint density at radius 3 is 2.48 bits per heavy atom. The molecule has 2 heterocycles. The summed E-state index contributed by atoms with van der Waals surface area (Å²) in [7, 11) is 3.33. The predicted octanol–water partition coefficient (Wildman–Crippen LogP) is 1.21. The highest BCUT2D eigenvalue weighted by molar-refractivity contribution is 5.75. The van der Waals surface area contributed by atoms with Gasteiger partial charge in [-0.1, -0.05) is 25.2 Å². The Kier molecular flexibility index (Phi) is 6.08. The molecule has 0 spiro atoms. The maximum atomic E-state index is 13.0. The summed E-state index contributed by atoms with van der Waals surface area (Å²) in [6.45, 7) is 1.81. The van der Waals surface area contributed by atoms with Gasteiger partial charge in [-0.05, 0) is 38.5 Å². The minimum atomic E-state index is -0.515. The van der Waals surface area contributed by atoms with E-state index in [2.05, 4.69) is 16.8 Å². The second-order valence-electron chi connectivity index (χ2n) is 8.09. The van der Waals surface area contributed by atoms with E-state index in [1.807, 2.05) is 0 Å². The number of imidazole rings is 1. The Hall–Kier alpha value is -2.66. The van der Waals surface area contributed by atoms with E-state index in [1.165, 1.54) is 22.5 Å². The average molecular weight is 399 g/mol. The van der Waals surface area contributed by atoms with Crippen molar-refractivity contribution in [1.82, 2.24) is 18.7 Å². The lowest BCUT2D eigenvalue weighted by Gasteiger charge is -2.27. The second-order valence-corrected chi connectivity index (χ2v) is 8.09. The summed E-state index contributed by atoms with van der Waals surface area (Å²) in [4.78, 5) is 41.2. The number of rotatable bonds is 5. The van der Waals surface area contributed by atoms with Crippen molar-refractivity contribution < 1.29 is 4.79 Å². The molecule has 0 radical (unpaired) electrons. The molecule has 0 unspecified atom stereocenters. The lowest BCUT2D eigenvalue weighted by molar-refractivity contribution is -0.117. The van der Waals surface area contributed by atoms with Gasteiger partial charge in [0.15, 0.2) is 17.0 Å². The standard InChI is InChI=1S/C21H29N5O3/c1-15(27)9-5-8-14-26-19(28)17-18(25(3)20(26)29)23-16(24(17)2)10-13-21(22)11-6-4-7-12-21/h4-9,11-12,14,22H2,1-3H3. The molecule has 1 saturated carbocycles. The molecule has 0 aliphatic heterocycles. The molecule has 8 heteroatoms. The molecule has 0 atom stereocenters. The molecule has 29 heavy (non-hydrogen) atoms. The zero-order chi connectivity index (χ0) is 21.2. The molecular weight excluding hydrogens is 370 g/mol. The van der Waals surface area contributed by atoms with E-state index in [9.17, 15) is 14.4 Å². The summed E-state index contributed by atoms with van der Waals surface area (Å²) in [6.07, 6.45) is 6.70. The van der Waals surface area contributed by atoms with Crippen LogP contribution in [-0.2, 0) is 25.4 Å². The van der Waals surface area contributed by atoms with E-state index in [4.69, 9.17) is 5.73 Å². The molecule has 8 nitrogen and oxygen atoms in total. The van der Waals surface area contributed by atoms with Crippen LogP contribution in [0.25, 0.3) is 11.2 Å². The summed E-state index contributed by atoms with van der Waals surface area (Å²) >= 11 is 0. The first-order valence-electron chi connectivity index (χ1n) is 10.2. The molecule has 1 fully saturated rings. The molecule has 2 aromatic rings. The number of hydrogen-bond donors (Lipinski definition) is 1. The maximum absolute atomic E-state index is 13.0. The number of nitrogens with zero attached hydrogens (tertiary/aromatic N) is 4. The van der Waals surface area contributed by atoms with Crippen molar-refractivity contribution >= 4 is 16.9 Å². The Morgan fingerprint density at radius 1 is 1.14 bits per heavy atom. The number of Topliss-reactive ketones (excluding diaryl/α,β-unsaturated/α-hetero) is 1. The topological polar surface area (TPSA) is 105 Å². The Morgan fingerprint density at radius 2 is 1.83 bits per heavy atom. The average Bonchev–Trinajstić information content (AvgIpc) is 3.01. The van der Waals surface area contributed by atoms with Crippen molar-refractivity contribution in [2.24, 2.45) is 19.8 Å². The molecule has 2 aromatic heterocycles. The van der Waals surface area contributed by atoms with Crippen molar-refractivity contribution in [3.63, 3.8) is 0 Å². The van der Waals surface area contributed by atoms with Crippen LogP contribution in [0.1, 0.15) is 64.1 Å². The number of ketones is 1. The third kappa shape index (κ3) is 4.35. The molecule has 0 amide bonds. The van der Waals surface area contributed by atoms with Gasteiger partial charge >= 0.3 is 5.69 Å². The first-order valence-corrected chi connectivity index (χ1v) is 10.2. The van der Waals surface area contributed by atoms with Gasteiger partial charge in [-0.3, -0.25) is 13.9 Å². The largest absolute Gasteiger partial charge is 0.332 e. The van der Waals surface area contributed by atoms with Crippen molar-refractivity contribution in [1.29, 1.82) is 0 Å². The Bertz CT molecular complexity index is 1100. The van der Waals surface area contributed by atoms with Gasteiger partial charge in [0.2, 0.25) is 0 Å². The molecule has 156 valence electrons. The van der Waals surface area contributed by atoms with Gasteiger partial charge in [-0.25, -0.2) is 9.78 Å². The number of aromatic nitrogens is 4. The zero-order valence-electron chi connectivity index (χ0n) is 17.5. The van der Waals surface area contributed by atoms with Crippen molar-refractivity contribution in [3.05, 3.63) is 26.7 Å². The summed E-state index contributed by atoms with van der Waals surface area (Å²) in [5.74, 6) is 6.73. The molecular formula is C21H29N5O3. The summed E-state index contributed by atoms with van der Waals surface area (Å²) in [5, 5.41) is 0. The van der Waals surface area contributed by atoms with E-state index >= 15 is 0 Å². The Labute approximate surface area is 169 Å². The highest BCUT2D eigenvalue weighted by Crippen LogP contribution is 2.25. The third-order valence-electron chi connectivity index (χ3n) is 5.69. The minimum absolute atomic E-state index is 0.103. The molecule has 0 saturated heterocycles. The van der Waals surface area contributed by atoms with Crippen LogP contribution in [0.15, 0.2) is 9.59 Å². The first-order chi connectivity index (χ1) is 13.7. The van der Waals surface area contributed by atoms with Crippen LogP contribution in [0.3, 0.4) is 0 Å². The van der Waals surface area contributed by atoms with Crippen molar-refractivity contribution in [2.45, 2.75) is 70.4 Å². The number of unbranched alkanes of at least 4 members (excludes halogenated alkanes) is 1. The zero-order valence-corrected chi connectivity index (χ0v) is 17.5. The van der Waals surface area contributed by atoms with Gasteiger partial charge in [0.05, 0.1) is 5.54 Å². The van der Waals surface area contributed by atoms with Crippen LogP contribution >= 0.6 is 0 Å². The third-order valence-corrected chi connectivity index (χ3v) is 5.69. The highest BCUT2D eigenvalue weighted by Gasteiger charge is 2.25. The van der Waals surface area contributed by atoms with Crippen LogP contribution in [0.4, 0.5) is 0 Å². The van der Waals surface area contributed by atoms with Crippen molar-refractivity contribution in [3.8, 4) is 11.8 Å². The summed E-state index contributed by atoms with van der Waals surface area (Å²) < 4.78 is 4.24. The number of aryl methyl sites for hydroxylation is 2. The van der Waals surface area contributed by atoms with Gasteiger partial charge in [0.1, 0.15) is 5.78 Å². The number of nitrogens with two attached hydrogens (primary N) is 1. The fourth-order valence-electron chi connectivity index (χ4n) is 3.88. The number of carbonyl (C=O) groups excluding carboxylic acids is 1. The monoisotopic (exact) mass is 399 g/mol. The molecule has 2 N–H and O–H groups in total. The van der Waals surface area contributed by atoms with Crippen LogP contribution in [0.5, 0.6) is 0 Å². The van der Waals surface area contributed by atoms with Gasteiger partial charge in [0, 0.05) is 27.1 Å². The molecule has 0 bridgehead atoms. The van der Waals surface area contributed by atoms with Crippen LogP contribution in [0.2, 0.25) is 0 Å². The Balaban J connectivity index is 1.98. The van der Waals surface area contributed by atoms with Gasteiger partial charge in [-0.15, -0.1) is 0 Å². The smallest absolute Gasteiger partial charge is 0.315 e. The van der Waals surface area contributed by atoms with Gasteiger partial charge < -0.3 is 15.1 Å². The summed E-state index contributed by atoms with van der Waals surface area (Å²) in [6, 6.07) is 0. The quantitative estimate of drug-likeness (QED) is 0.601. The maximum Gasteiger partial charge on any atom is 0.332 e. The lowest BCUT2D eigenvalue weighted by Crippen LogP contribution is -2.40. The van der Waals surface area contributed by atoms with Crippen LogP contribution in [-0.4, -0.2) is 30.0 Å². The predicted molar refractivity (Wildman–Crippen MR) is 112 cm³/mol. The fraction of sp³-hybridized carbons (Fsp3) is 0.619. The normalized spacial score (nSPS) is 15.9. The fourth-order valence-corrected chi connectivity index (χ4v) is 3.88. The number of hydrogen-bond acceptors (Lipinski definition) is 5. The minimum Gasteiger partial charge on any atom is -0.315 e. The second kappa shape index (κ2) is 8.37. The first kappa shape index (κ1) is 21.1. The van der Waals surface area contributed by atoms with E-state index in [0.29, 0.717) is 36.3 Å². The van der Waals surface area contributed by atoms with Crippen molar-refractivity contribution in [2.75, 3.05) is 0 Å². The van der Waals surface area contributed by atoms with E-state index in [1.54, 1.807) is 18.7 Å². The highest BCUT2D eigenvalue weighted by atomic mass is 16.2.